The normalized spacial score (nSPS) is 20.1. The van der Waals surface area contributed by atoms with Crippen molar-refractivity contribution in [3.05, 3.63) is 98.6 Å². The van der Waals surface area contributed by atoms with E-state index < -0.39 is 14.1 Å². The molecular weight excluding hydrogens is 436 g/mol. The van der Waals surface area contributed by atoms with Crippen LogP contribution in [0.25, 0.3) is 0 Å². The molecule has 0 radical (unpaired) electrons. The first kappa shape index (κ1) is 26.4. The summed E-state index contributed by atoms with van der Waals surface area (Å²) in [6.07, 6.45) is 8.37. The van der Waals surface area contributed by atoms with Gasteiger partial charge in [-0.05, 0) is 28.3 Å². The second kappa shape index (κ2) is 11.5. The van der Waals surface area contributed by atoms with Crippen LogP contribution in [0, 0.1) is 0 Å². The molecule has 2 aromatic rings. The summed E-state index contributed by atoms with van der Waals surface area (Å²) in [5, 5.41) is 2.59. The van der Waals surface area contributed by atoms with E-state index in [1.807, 2.05) is 6.08 Å². The highest BCUT2D eigenvalue weighted by molar-refractivity contribution is 6.99. The van der Waals surface area contributed by atoms with Gasteiger partial charge in [-0.2, -0.15) is 0 Å². The minimum atomic E-state index is -2.50. The van der Waals surface area contributed by atoms with Crippen LogP contribution in [0.5, 0.6) is 0 Å². The fraction of sp³-hybridized carbons (Fsp3) is 0.400. The molecule has 0 aliphatic carbocycles. The lowest BCUT2D eigenvalue weighted by Crippen LogP contribution is -2.66. The van der Waals surface area contributed by atoms with Crippen LogP contribution >= 0.6 is 0 Å². The molecule has 1 aliphatic rings. The number of unbranched alkanes of at least 4 members (excludes halogenated alkanes) is 1. The first-order valence-corrected chi connectivity index (χ1v) is 14.2. The molecule has 0 bridgehead atoms. The molecule has 0 N–H and O–H groups in total. The second-order valence-corrected chi connectivity index (χ2v) is 14.3. The molecule has 3 rings (SSSR count). The van der Waals surface area contributed by atoms with Crippen LogP contribution in [0.2, 0.25) is 5.04 Å². The predicted octanol–water partition coefficient (Wildman–Crippen LogP) is 6.16. The summed E-state index contributed by atoms with van der Waals surface area (Å²) in [6.45, 7) is 19.3. The molecule has 0 spiro atoms. The molecule has 1 fully saturated rings. The van der Waals surface area contributed by atoms with E-state index in [0.717, 1.165) is 19.3 Å². The van der Waals surface area contributed by atoms with Crippen molar-refractivity contribution < 1.29 is 13.9 Å². The molecule has 2 atom stereocenters. The number of hydrogen-bond donors (Lipinski definition) is 0. The second-order valence-electron chi connectivity index (χ2n) is 10.0. The average Bonchev–Trinajstić information content (AvgIpc) is 3.20. The van der Waals surface area contributed by atoms with Gasteiger partial charge >= 0.3 is 0 Å². The summed E-state index contributed by atoms with van der Waals surface area (Å²) in [7, 11) is -2.50. The van der Waals surface area contributed by atoms with E-state index >= 15 is 0 Å². The van der Waals surface area contributed by atoms with Gasteiger partial charge in [-0.1, -0.05) is 99.7 Å². The standard InChI is InChI=1S/C30H40O3Si/c1-7-22-30(32-27(8-2)28(9-3)33-30)23-16-17-24-31-34(29(4,5)6,25-18-12-10-13-19-25)26-20-14-11-15-21-26/h7-15,18-21,27-28H,1-3,16-17,22-24H2,4-6H3/t27-,28-/m1/s1. The van der Waals surface area contributed by atoms with E-state index in [1.165, 1.54) is 10.4 Å². The molecular formula is C30H40O3Si. The Morgan fingerprint density at radius 1 is 0.853 bits per heavy atom. The van der Waals surface area contributed by atoms with Gasteiger partial charge in [-0.3, -0.25) is 0 Å². The molecule has 4 heteroatoms. The Labute approximate surface area is 207 Å². The van der Waals surface area contributed by atoms with Gasteiger partial charge in [0.1, 0.15) is 12.2 Å². The zero-order chi connectivity index (χ0) is 24.7. The van der Waals surface area contributed by atoms with Crippen molar-refractivity contribution in [2.75, 3.05) is 6.61 Å². The lowest BCUT2D eigenvalue weighted by Gasteiger charge is -2.43. The van der Waals surface area contributed by atoms with E-state index in [4.69, 9.17) is 13.9 Å². The molecule has 0 saturated carbocycles. The van der Waals surface area contributed by atoms with Crippen molar-refractivity contribution in [1.82, 2.24) is 0 Å². The fourth-order valence-corrected chi connectivity index (χ4v) is 9.65. The maximum absolute atomic E-state index is 7.01. The molecule has 182 valence electrons. The van der Waals surface area contributed by atoms with E-state index in [1.54, 1.807) is 12.2 Å². The predicted molar refractivity (Wildman–Crippen MR) is 145 cm³/mol. The van der Waals surface area contributed by atoms with Gasteiger partial charge in [-0.25, -0.2) is 0 Å². The van der Waals surface area contributed by atoms with E-state index in [0.29, 0.717) is 13.0 Å². The fourth-order valence-electron chi connectivity index (χ4n) is 5.04. The Morgan fingerprint density at radius 3 is 1.76 bits per heavy atom. The molecule has 0 amide bonds. The minimum absolute atomic E-state index is 0.0220. The molecule has 1 heterocycles. The summed E-state index contributed by atoms with van der Waals surface area (Å²) < 4.78 is 19.5. The van der Waals surface area contributed by atoms with Crippen molar-refractivity contribution >= 4 is 18.7 Å². The molecule has 0 aromatic heterocycles. The van der Waals surface area contributed by atoms with Crippen LogP contribution in [0.3, 0.4) is 0 Å². The zero-order valence-electron chi connectivity index (χ0n) is 21.0. The average molecular weight is 477 g/mol. The van der Waals surface area contributed by atoms with E-state index in [2.05, 4.69) is 101 Å². The molecule has 0 unspecified atom stereocenters. The number of benzene rings is 2. The highest BCUT2D eigenvalue weighted by Crippen LogP contribution is 2.38. The summed E-state index contributed by atoms with van der Waals surface area (Å²) in [5.74, 6) is -0.670. The van der Waals surface area contributed by atoms with Crippen molar-refractivity contribution in [2.45, 2.75) is 69.5 Å². The van der Waals surface area contributed by atoms with Crippen LogP contribution < -0.4 is 10.4 Å². The topological polar surface area (TPSA) is 27.7 Å². The summed E-state index contributed by atoms with van der Waals surface area (Å²) in [4.78, 5) is 0. The highest BCUT2D eigenvalue weighted by Gasteiger charge is 2.50. The highest BCUT2D eigenvalue weighted by atomic mass is 28.4. The summed E-state index contributed by atoms with van der Waals surface area (Å²) >= 11 is 0. The van der Waals surface area contributed by atoms with Gasteiger partial charge in [0.2, 0.25) is 0 Å². The zero-order valence-corrected chi connectivity index (χ0v) is 22.0. The largest absolute Gasteiger partial charge is 0.407 e. The SMILES string of the molecule is C=CCC1(CCCCO[Si](c2ccccc2)(c2ccccc2)C(C)(C)C)O[C@H](C=C)[C@@H](C=C)O1. The van der Waals surface area contributed by atoms with Gasteiger partial charge < -0.3 is 13.9 Å². The van der Waals surface area contributed by atoms with Crippen molar-refractivity contribution in [2.24, 2.45) is 0 Å². The monoisotopic (exact) mass is 476 g/mol. The Kier molecular flexibility index (Phi) is 8.88. The number of hydrogen-bond acceptors (Lipinski definition) is 3. The van der Waals surface area contributed by atoms with Gasteiger partial charge in [0.15, 0.2) is 5.79 Å². The van der Waals surface area contributed by atoms with Crippen LogP contribution in [-0.4, -0.2) is 32.9 Å². The summed E-state index contributed by atoms with van der Waals surface area (Å²) in [6, 6.07) is 21.5. The molecule has 3 nitrogen and oxygen atoms in total. The third kappa shape index (κ3) is 5.52. The quantitative estimate of drug-likeness (QED) is 0.209. The van der Waals surface area contributed by atoms with Crippen molar-refractivity contribution in [1.29, 1.82) is 0 Å². The van der Waals surface area contributed by atoms with Crippen molar-refractivity contribution in [3.8, 4) is 0 Å². The Bertz CT molecular complexity index is 877. The first-order chi connectivity index (χ1) is 16.3. The van der Waals surface area contributed by atoms with Gasteiger partial charge in [0.25, 0.3) is 8.32 Å². The molecule has 1 aliphatic heterocycles. The lowest BCUT2D eigenvalue weighted by molar-refractivity contribution is -0.172. The third-order valence-corrected chi connectivity index (χ3v) is 11.7. The smallest absolute Gasteiger partial charge is 0.261 e. The molecule has 34 heavy (non-hydrogen) atoms. The summed E-state index contributed by atoms with van der Waals surface area (Å²) in [5.41, 5.74) is 0. The van der Waals surface area contributed by atoms with Crippen LogP contribution in [0.4, 0.5) is 0 Å². The van der Waals surface area contributed by atoms with Crippen LogP contribution in [-0.2, 0) is 13.9 Å². The minimum Gasteiger partial charge on any atom is -0.407 e. The van der Waals surface area contributed by atoms with Crippen LogP contribution in [0.1, 0.15) is 46.5 Å². The van der Waals surface area contributed by atoms with E-state index in [9.17, 15) is 0 Å². The third-order valence-electron chi connectivity index (χ3n) is 6.63. The van der Waals surface area contributed by atoms with E-state index in [-0.39, 0.29) is 17.2 Å². The van der Waals surface area contributed by atoms with Gasteiger partial charge in [0, 0.05) is 19.4 Å². The Hall–Kier alpha value is -2.24. The molecule has 1 saturated heterocycles. The van der Waals surface area contributed by atoms with Gasteiger partial charge in [-0.15, -0.1) is 19.7 Å². The number of ether oxygens (including phenoxy) is 2. The van der Waals surface area contributed by atoms with Crippen molar-refractivity contribution in [3.63, 3.8) is 0 Å². The molecule has 2 aromatic carbocycles. The van der Waals surface area contributed by atoms with Crippen LogP contribution in [0.15, 0.2) is 98.6 Å². The lowest BCUT2D eigenvalue weighted by atomic mass is 10.1. The maximum Gasteiger partial charge on any atom is 0.261 e. The number of rotatable bonds is 12. The first-order valence-electron chi connectivity index (χ1n) is 12.3. The Balaban J connectivity index is 1.75. The Morgan fingerprint density at radius 2 is 1.35 bits per heavy atom. The van der Waals surface area contributed by atoms with Gasteiger partial charge in [0.05, 0.1) is 0 Å². The maximum atomic E-state index is 7.01.